The number of rotatable bonds is 6. The topological polar surface area (TPSA) is 56.1 Å². The molecule has 162 valence electrons. The Kier molecular flexibility index (Phi) is 5.53. The highest BCUT2D eigenvalue weighted by atomic mass is 32.1. The summed E-state index contributed by atoms with van der Waals surface area (Å²) in [6, 6.07) is 20.1. The number of carbonyl (C=O) groups is 1. The Labute approximate surface area is 191 Å². The maximum atomic E-state index is 13.0. The van der Waals surface area contributed by atoms with Crippen molar-refractivity contribution in [2.75, 3.05) is 6.61 Å². The van der Waals surface area contributed by atoms with Crippen LogP contribution in [0.2, 0.25) is 0 Å². The number of benzene rings is 2. The summed E-state index contributed by atoms with van der Waals surface area (Å²) in [4.78, 5) is 14.9. The molecule has 0 aliphatic heterocycles. The average molecular weight is 444 g/mol. The molecule has 0 saturated heterocycles. The Balaban J connectivity index is 1.40. The van der Waals surface area contributed by atoms with Gasteiger partial charge in [-0.15, -0.1) is 11.3 Å². The lowest BCUT2D eigenvalue weighted by atomic mass is 9.95. The number of hydrogen-bond acceptors (Lipinski definition) is 4. The molecule has 1 aliphatic rings. The van der Waals surface area contributed by atoms with Crippen LogP contribution in [0.3, 0.4) is 0 Å². The van der Waals surface area contributed by atoms with E-state index in [1.54, 1.807) is 11.3 Å². The Hall–Kier alpha value is -3.38. The molecular weight excluding hydrogens is 418 g/mol. The number of ether oxygens (including phenoxy) is 1. The van der Waals surface area contributed by atoms with Crippen LogP contribution in [-0.2, 0) is 19.4 Å². The van der Waals surface area contributed by atoms with Gasteiger partial charge in [-0.05, 0) is 56.5 Å². The van der Waals surface area contributed by atoms with Crippen LogP contribution in [-0.4, -0.2) is 22.3 Å². The van der Waals surface area contributed by atoms with Crippen LogP contribution in [0.1, 0.15) is 39.1 Å². The second-order valence-electron chi connectivity index (χ2n) is 7.84. The van der Waals surface area contributed by atoms with Crippen LogP contribution >= 0.6 is 11.3 Å². The Morgan fingerprint density at radius 2 is 1.91 bits per heavy atom. The average Bonchev–Trinajstić information content (AvgIpc) is 3.40. The summed E-state index contributed by atoms with van der Waals surface area (Å²) in [6.07, 6.45) is 1.83. The SMILES string of the molecule is CCOc1ccccc1CNC(=O)c1cc2c(s1)-c1c(C)nn(-c3ccccc3)c1CC2. The molecule has 1 N–H and O–H groups in total. The highest BCUT2D eigenvalue weighted by Crippen LogP contribution is 2.42. The smallest absolute Gasteiger partial charge is 0.261 e. The zero-order chi connectivity index (χ0) is 22.1. The quantitative estimate of drug-likeness (QED) is 0.438. The fourth-order valence-electron chi connectivity index (χ4n) is 4.28. The van der Waals surface area contributed by atoms with Crippen LogP contribution < -0.4 is 10.1 Å². The van der Waals surface area contributed by atoms with Crippen molar-refractivity contribution >= 4 is 17.2 Å². The Bertz CT molecular complexity index is 1270. The lowest BCUT2D eigenvalue weighted by molar-refractivity contribution is 0.0954. The standard InChI is InChI=1S/C26H25N3O2S/c1-3-31-22-12-8-7-9-19(22)16-27-26(30)23-15-18-13-14-21-24(25(18)32-23)17(2)28-29(21)20-10-5-4-6-11-20/h4-12,15H,3,13-14,16H2,1-2H3,(H,27,30). The van der Waals surface area contributed by atoms with E-state index < -0.39 is 0 Å². The van der Waals surface area contributed by atoms with Crippen LogP contribution in [0.5, 0.6) is 5.75 Å². The molecule has 5 nitrogen and oxygen atoms in total. The van der Waals surface area contributed by atoms with E-state index in [1.165, 1.54) is 21.7 Å². The summed E-state index contributed by atoms with van der Waals surface area (Å²) in [5.41, 5.74) is 6.69. The highest BCUT2D eigenvalue weighted by molar-refractivity contribution is 7.17. The largest absolute Gasteiger partial charge is 0.494 e. The fourth-order valence-corrected chi connectivity index (χ4v) is 5.53. The van der Waals surface area contributed by atoms with Gasteiger partial charge in [-0.3, -0.25) is 4.79 Å². The predicted octanol–water partition coefficient (Wildman–Crippen LogP) is 5.34. The van der Waals surface area contributed by atoms with Crippen molar-refractivity contribution in [3.8, 4) is 21.9 Å². The van der Waals surface area contributed by atoms with Crippen LogP contribution in [0.4, 0.5) is 0 Å². The van der Waals surface area contributed by atoms with Gasteiger partial charge >= 0.3 is 0 Å². The zero-order valence-electron chi connectivity index (χ0n) is 18.2. The number of para-hydroxylation sites is 2. The van der Waals surface area contributed by atoms with Gasteiger partial charge in [0.15, 0.2) is 0 Å². The Morgan fingerprint density at radius 3 is 2.72 bits per heavy atom. The molecule has 2 aromatic heterocycles. The molecule has 2 aromatic carbocycles. The van der Waals surface area contributed by atoms with Crippen LogP contribution in [0.25, 0.3) is 16.1 Å². The normalized spacial score (nSPS) is 12.2. The van der Waals surface area contributed by atoms with Gasteiger partial charge < -0.3 is 10.1 Å². The minimum atomic E-state index is -0.0506. The number of amides is 1. The third-order valence-corrected chi connectivity index (χ3v) is 6.95. The van der Waals surface area contributed by atoms with E-state index in [4.69, 9.17) is 9.84 Å². The van der Waals surface area contributed by atoms with E-state index in [1.807, 2.05) is 55.5 Å². The molecule has 6 heteroatoms. The van der Waals surface area contributed by atoms with Gasteiger partial charge in [0.1, 0.15) is 5.75 Å². The maximum absolute atomic E-state index is 13.0. The Morgan fingerprint density at radius 1 is 1.12 bits per heavy atom. The van der Waals surface area contributed by atoms with E-state index in [0.29, 0.717) is 13.2 Å². The minimum Gasteiger partial charge on any atom is -0.494 e. The monoisotopic (exact) mass is 443 g/mol. The van der Waals surface area contributed by atoms with Gasteiger partial charge in [0.25, 0.3) is 5.91 Å². The van der Waals surface area contributed by atoms with Crippen LogP contribution in [0.15, 0.2) is 60.7 Å². The number of nitrogens with one attached hydrogen (secondary N) is 1. The number of hydrogen-bond donors (Lipinski definition) is 1. The first-order valence-corrected chi connectivity index (χ1v) is 11.7. The number of fused-ring (bicyclic) bond motifs is 3. The molecule has 0 radical (unpaired) electrons. The van der Waals surface area contributed by atoms with E-state index in [9.17, 15) is 4.79 Å². The number of carbonyl (C=O) groups excluding carboxylic acids is 1. The van der Waals surface area contributed by atoms with Gasteiger partial charge in [0, 0.05) is 22.5 Å². The molecule has 5 rings (SSSR count). The summed E-state index contributed by atoms with van der Waals surface area (Å²) < 4.78 is 7.73. The van der Waals surface area contributed by atoms with Crippen molar-refractivity contribution in [3.05, 3.63) is 88.1 Å². The lowest BCUT2D eigenvalue weighted by Crippen LogP contribution is -2.22. The van der Waals surface area contributed by atoms with Gasteiger partial charge in [-0.25, -0.2) is 4.68 Å². The molecule has 2 heterocycles. The van der Waals surface area contributed by atoms with E-state index in [2.05, 4.69) is 29.1 Å². The molecular formula is C26H25N3O2S. The molecule has 0 bridgehead atoms. The summed E-state index contributed by atoms with van der Waals surface area (Å²) in [5, 5.41) is 7.89. The van der Waals surface area contributed by atoms with Crippen molar-refractivity contribution < 1.29 is 9.53 Å². The zero-order valence-corrected chi connectivity index (χ0v) is 19.0. The van der Waals surface area contributed by atoms with Crippen molar-refractivity contribution in [2.45, 2.75) is 33.2 Å². The van der Waals surface area contributed by atoms with Crippen molar-refractivity contribution in [1.29, 1.82) is 0 Å². The van der Waals surface area contributed by atoms with Crippen molar-refractivity contribution in [3.63, 3.8) is 0 Å². The van der Waals surface area contributed by atoms with E-state index in [-0.39, 0.29) is 5.91 Å². The summed E-state index contributed by atoms with van der Waals surface area (Å²) in [7, 11) is 0. The van der Waals surface area contributed by atoms with E-state index >= 15 is 0 Å². The highest BCUT2D eigenvalue weighted by Gasteiger charge is 2.27. The van der Waals surface area contributed by atoms with Crippen molar-refractivity contribution in [2.24, 2.45) is 0 Å². The summed E-state index contributed by atoms with van der Waals surface area (Å²) >= 11 is 1.56. The predicted molar refractivity (Wildman–Crippen MR) is 128 cm³/mol. The number of aromatic nitrogens is 2. The fraction of sp³-hybridized carbons (Fsp3) is 0.231. The van der Waals surface area contributed by atoms with Gasteiger partial charge in [-0.2, -0.15) is 5.10 Å². The second kappa shape index (κ2) is 8.63. The first kappa shape index (κ1) is 20.5. The molecule has 1 aliphatic carbocycles. The molecule has 32 heavy (non-hydrogen) atoms. The van der Waals surface area contributed by atoms with E-state index in [0.717, 1.165) is 40.4 Å². The number of aryl methyl sites for hydroxylation is 2. The number of nitrogens with zero attached hydrogens (tertiary/aromatic N) is 2. The molecule has 0 fully saturated rings. The van der Waals surface area contributed by atoms with Gasteiger partial charge in [0.2, 0.25) is 0 Å². The minimum absolute atomic E-state index is 0.0506. The summed E-state index contributed by atoms with van der Waals surface area (Å²) in [5.74, 6) is 0.764. The second-order valence-corrected chi connectivity index (χ2v) is 8.90. The van der Waals surface area contributed by atoms with Gasteiger partial charge in [-0.1, -0.05) is 36.4 Å². The van der Waals surface area contributed by atoms with Crippen molar-refractivity contribution in [1.82, 2.24) is 15.1 Å². The molecule has 0 atom stereocenters. The molecule has 4 aromatic rings. The van der Waals surface area contributed by atoms with Gasteiger partial charge in [0.05, 0.1) is 28.6 Å². The lowest BCUT2D eigenvalue weighted by Gasteiger charge is -2.14. The summed E-state index contributed by atoms with van der Waals surface area (Å²) in [6.45, 7) is 5.05. The number of thiophene rings is 1. The third kappa shape index (κ3) is 3.71. The maximum Gasteiger partial charge on any atom is 0.261 e. The molecule has 1 amide bonds. The first-order valence-electron chi connectivity index (χ1n) is 10.9. The molecule has 0 unspecified atom stereocenters. The first-order chi connectivity index (χ1) is 15.7. The third-order valence-electron chi connectivity index (χ3n) is 5.76. The molecule has 0 spiro atoms. The molecule has 0 saturated carbocycles. The van der Waals surface area contributed by atoms with Crippen LogP contribution in [0, 0.1) is 6.92 Å².